The van der Waals surface area contributed by atoms with Crippen LogP contribution in [0.25, 0.3) is 0 Å². The van der Waals surface area contributed by atoms with Gasteiger partial charge in [-0.05, 0) is 46.0 Å². The van der Waals surface area contributed by atoms with Gasteiger partial charge in [-0.2, -0.15) is 15.0 Å². The molecule has 3 N–H and O–H groups in total. The zero-order chi connectivity index (χ0) is 20.1. The maximum atomic E-state index is 10.6. The summed E-state index contributed by atoms with van der Waals surface area (Å²) in [5, 5.41) is 24.9. The van der Waals surface area contributed by atoms with Gasteiger partial charge in [-0.3, -0.25) is 0 Å². The second kappa shape index (κ2) is 9.36. The van der Waals surface area contributed by atoms with Crippen LogP contribution in [0.4, 0.5) is 11.9 Å². The zero-order valence-corrected chi connectivity index (χ0v) is 17.7. The second-order valence-electron chi connectivity index (χ2n) is 6.89. The minimum atomic E-state index is 0.0995. The van der Waals surface area contributed by atoms with Crippen molar-refractivity contribution >= 4 is 23.8 Å². The van der Waals surface area contributed by atoms with E-state index in [-0.39, 0.29) is 11.8 Å². The predicted molar refractivity (Wildman–Crippen MR) is 112 cm³/mol. The molecule has 0 bridgehead atoms. The Morgan fingerprint density at radius 3 is 2.21 bits per heavy atom. The largest absolute Gasteiger partial charge is 0.494 e. The highest BCUT2D eigenvalue weighted by Gasteiger charge is 2.26. The monoisotopic (exact) mass is 406 g/mol. The molecule has 0 amide bonds. The fourth-order valence-electron chi connectivity index (χ4n) is 3.40. The summed E-state index contributed by atoms with van der Waals surface area (Å²) in [5.41, 5.74) is 1.69. The molecule has 2 heterocycles. The molecule has 0 spiro atoms. The van der Waals surface area contributed by atoms with Crippen molar-refractivity contribution in [2.45, 2.75) is 64.5 Å². The predicted octanol–water partition coefficient (Wildman–Crippen LogP) is 3.58. The average Bonchev–Trinajstić information content (AvgIpc) is 2.94. The average molecular weight is 407 g/mol. The summed E-state index contributed by atoms with van der Waals surface area (Å²) in [6.45, 7) is 8.61. The summed E-state index contributed by atoms with van der Waals surface area (Å²) in [6.07, 6.45) is 5.73. The third-order valence-electron chi connectivity index (χ3n) is 5.03. The Bertz CT molecular complexity index is 777. The van der Waals surface area contributed by atoms with E-state index in [0.717, 1.165) is 81.2 Å². The molecular formula is C19H30N6O2S. The molecule has 0 unspecified atom stereocenters. The van der Waals surface area contributed by atoms with Crippen LogP contribution >= 0.6 is 11.9 Å². The summed E-state index contributed by atoms with van der Waals surface area (Å²) in [6, 6.07) is 0. The summed E-state index contributed by atoms with van der Waals surface area (Å²) in [7, 11) is 0. The van der Waals surface area contributed by atoms with Crippen LogP contribution in [0.15, 0.2) is 5.16 Å². The van der Waals surface area contributed by atoms with E-state index >= 15 is 0 Å². The lowest BCUT2D eigenvalue weighted by molar-refractivity contribution is 0.413. The van der Waals surface area contributed by atoms with Crippen LogP contribution in [-0.2, 0) is 12.8 Å². The van der Waals surface area contributed by atoms with Crippen LogP contribution in [0.5, 0.6) is 11.8 Å². The summed E-state index contributed by atoms with van der Waals surface area (Å²) >= 11 is 1.13. The molecule has 0 saturated carbocycles. The van der Waals surface area contributed by atoms with Crippen LogP contribution in [0.3, 0.4) is 0 Å². The van der Waals surface area contributed by atoms with Crippen molar-refractivity contribution in [2.24, 2.45) is 0 Å². The molecule has 9 heteroatoms. The van der Waals surface area contributed by atoms with Gasteiger partial charge in [-0.1, -0.05) is 13.3 Å². The highest BCUT2D eigenvalue weighted by molar-refractivity contribution is 7.97. The van der Waals surface area contributed by atoms with Crippen molar-refractivity contribution in [1.82, 2.24) is 18.9 Å². The van der Waals surface area contributed by atoms with E-state index in [9.17, 15) is 10.2 Å². The second-order valence-corrected chi connectivity index (χ2v) is 7.80. The number of nitrogens with zero attached hydrogens (tertiary/aromatic N) is 5. The van der Waals surface area contributed by atoms with Gasteiger partial charge in [0, 0.05) is 42.7 Å². The number of rotatable bonds is 9. The smallest absolute Gasteiger partial charge is 0.231 e. The molecule has 28 heavy (non-hydrogen) atoms. The van der Waals surface area contributed by atoms with Gasteiger partial charge < -0.3 is 20.4 Å². The molecule has 154 valence electrons. The van der Waals surface area contributed by atoms with Crippen molar-refractivity contribution in [2.75, 3.05) is 29.9 Å². The van der Waals surface area contributed by atoms with E-state index in [4.69, 9.17) is 0 Å². The van der Waals surface area contributed by atoms with E-state index in [0.29, 0.717) is 17.1 Å². The Morgan fingerprint density at radius 2 is 1.64 bits per heavy atom. The molecule has 2 aromatic rings. The minimum Gasteiger partial charge on any atom is -0.494 e. The standard InChI is InChI=1S/C19H30N6O2S/c1-4-7-12-20-17-21-18(24(5-2)6-3)23-19(22-17)28-25-15(26)13-10-8-9-11-14(13)16(25)27/h26-27H,4-12H2,1-3H3,(H,20,21,22,23). The van der Waals surface area contributed by atoms with Gasteiger partial charge in [0.2, 0.25) is 28.8 Å². The lowest BCUT2D eigenvalue weighted by Gasteiger charge is -2.19. The molecule has 0 aliphatic heterocycles. The van der Waals surface area contributed by atoms with E-state index in [1.54, 1.807) is 0 Å². The maximum absolute atomic E-state index is 10.6. The van der Waals surface area contributed by atoms with E-state index in [1.807, 2.05) is 0 Å². The molecule has 8 nitrogen and oxygen atoms in total. The molecule has 0 atom stereocenters. The Kier molecular flexibility index (Phi) is 6.88. The minimum absolute atomic E-state index is 0.0995. The Labute approximate surface area is 170 Å². The van der Waals surface area contributed by atoms with Gasteiger partial charge in [0.05, 0.1) is 0 Å². The molecule has 0 saturated heterocycles. The number of aromatic nitrogens is 4. The van der Waals surface area contributed by atoms with Gasteiger partial charge >= 0.3 is 0 Å². The van der Waals surface area contributed by atoms with Crippen molar-refractivity contribution in [3.63, 3.8) is 0 Å². The Morgan fingerprint density at radius 1 is 1.00 bits per heavy atom. The number of nitrogens with one attached hydrogen (secondary N) is 1. The zero-order valence-electron chi connectivity index (χ0n) is 16.9. The van der Waals surface area contributed by atoms with Crippen LogP contribution < -0.4 is 10.2 Å². The van der Waals surface area contributed by atoms with Crippen molar-refractivity contribution in [3.8, 4) is 11.8 Å². The summed E-state index contributed by atoms with van der Waals surface area (Å²) in [5.74, 6) is 1.31. The number of hydrogen-bond donors (Lipinski definition) is 3. The van der Waals surface area contributed by atoms with Crippen molar-refractivity contribution in [1.29, 1.82) is 0 Å². The Hall–Kier alpha value is -2.16. The van der Waals surface area contributed by atoms with Crippen LogP contribution in [0.2, 0.25) is 0 Å². The molecule has 0 radical (unpaired) electrons. The number of aromatic hydroxyl groups is 2. The maximum Gasteiger partial charge on any atom is 0.231 e. The van der Waals surface area contributed by atoms with Gasteiger partial charge in [0.15, 0.2) is 0 Å². The van der Waals surface area contributed by atoms with Gasteiger partial charge in [0.1, 0.15) is 0 Å². The first-order valence-corrected chi connectivity index (χ1v) is 10.9. The normalized spacial score (nSPS) is 13.4. The van der Waals surface area contributed by atoms with Gasteiger partial charge in [0.25, 0.3) is 0 Å². The molecule has 1 aliphatic rings. The quantitative estimate of drug-likeness (QED) is 0.544. The molecule has 1 aliphatic carbocycles. The molecule has 0 aromatic carbocycles. The topological polar surface area (TPSA) is 99.3 Å². The highest BCUT2D eigenvalue weighted by atomic mass is 32.2. The van der Waals surface area contributed by atoms with Crippen LogP contribution in [-0.4, -0.2) is 48.8 Å². The van der Waals surface area contributed by atoms with E-state index in [1.165, 1.54) is 3.97 Å². The Balaban J connectivity index is 1.93. The molecule has 0 fully saturated rings. The van der Waals surface area contributed by atoms with Crippen molar-refractivity contribution in [3.05, 3.63) is 11.1 Å². The highest BCUT2D eigenvalue weighted by Crippen LogP contribution is 2.42. The molecule has 2 aromatic heterocycles. The fourth-order valence-corrected chi connectivity index (χ4v) is 4.21. The first-order chi connectivity index (χ1) is 13.6. The summed E-state index contributed by atoms with van der Waals surface area (Å²) in [4.78, 5) is 15.7. The summed E-state index contributed by atoms with van der Waals surface area (Å²) < 4.78 is 1.44. The number of hydrogen-bond acceptors (Lipinski definition) is 8. The first kappa shape index (κ1) is 20.6. The first-order valence-electron chi connectivity index (χ1n) is 10.2. The fraction of sp³-hybridized carbons (Fsp3) is 0.632. The number of unbranched alkanes of at least 4 members (excludes halogenated alkanes) is 1. The molecule has 3 rings (SSSR count). The van der Waals surface area contributed by atoms with E-state index < -0.39 is 0 Å². The van der Waals surface area contributed by atoms with Crippen LogP contribution in [0.1, 0.15) is 57.6 Å². The van der Waals surface area contributed by atoms with E-state index in [2.05, 4.69) is 45.9 Å². The SMILES string of the molecule is CCCCNc1nc(Sn2c(O)c3c(c2O)CCCC3)nc(N(CC)CC)n1. The van der Waals surface area contributed by atoms with Gasteiger partial charge in [-0.15, -0.1) is 0 Å². The third-order valence-corrected chi connectivity index (χ3v) is 5.90. The number of anilines is 2. The molecular weight excluding hydrogens is 376 g/mol. The van der Waals surface area contributed by atoms with Crippen molar-refractivity contribution < 1.29 is 10.2 Å². The number of fused-ring (bicyclic) bond motifs is 1. The lowest BCUT2D eigenvalue weighted by atomic mass is 9.95. The van der Waals surface area contributed by atoms with Gasteiger partial charge in [-0.25, -0.2) is 3.97 Å². The third kappa shape index (κ3) is 4.29. The van der Waals surface area contributed by atoms with Crippen LogP contribution in [0, 0.1) is 0 Å². The lowest BCUT2D eigenvalue weighted by Crippen LogP contribution is -2.25.